The first-order chi connectivity index (χ1) is 6.31. The lowest BCUT2D eigenvalue weighted by molar-refractivity contribution is 0.476. The van der Waals surface area contributed by atoms with Crippen molar-refractivity contribution in [3.05, 3.63) is 36.0 Å². The molecular formula is C11H11NO. The van der Waals surface area contributed by atoms with Gasteiger partial charge in [-0.15, -0.1) is 0 Å². The number of aromatic hydroxyl groups is 1. The molecule has 1 aromatic heterocycles. The summed E-state index contributed by atoms with van der Waals surface area (Å²) in [4.78, 5) is 4.19. The first-order valence-corrected chi connectivity index (χ1v) is 4.38. The van der Waals surface area contributed by atoms with Gasteiger partial charge in [-0.1, -0.05) is 6.92 Å². The van der Waals surface area contributed by atoms with Crippen LogP contribution in [0.4, 0.5) is 0 Å². The van der Waals surface area contributed by atoms with E-state index in [0.29, 0.717) is 0 Å². The molecule has 66 valence electrons. The third-order valence-corrected chi connectivity index (χ3v) is 2.20. The van der Waals surface area contributed by atoms with Crippen molar-refractivity contribution < 1.29 is 5.11 Å². The first kappa shape index (κ1) is 8.05. The number of aryl methyl sites for hydroxylation is 1. The molecule has 2 rings (SSSR count). The van der Waals surface area contributed by atoms with Gasteiger partial charge in [0.05, 0.1) is 5.52 Å². The van der Waals surface area contributed by atoms with Gasteiger partial charge in [0.15, 0.2) is 0 Å². The zero-order valence-corrected chi connectivity index (χ0v) is 7.49. The van der Waals surface area contributed by atoms with Crippen LogP contribution in [0.15, 0.2) is 30.5 Å². The number of fused-ring (bicyclic) bond motifs is 1. The Labute approximate surface area is 76.9 Å². The fourth-order valence-corrected chi connectivity index (χ4v) is 1.50. The minimum Gasteiger partial charge on any atom is -0.508 e. The van der Waals surface area contributed by atoms with Crippen LogP contribution in [0.2, 0.25) is 0 Å². The predicted octanol–water partition coefficient (Wildman–Crippen LogP) is 2.50. The molecule has 1 N–H and O–H groups in total. The van der Waals surface area contributed by atoms with Crippen LogP contribution < -0.4 is 0 Å². The van der Waals surface area contributed by atoms with Crippen molar-refractivity contribution in [1.82, 2.24) is 4.98 Å². The Morgan fingerprint density at radius 3 is 2.92 bits per heavy atom. The minimum atomic E-state index is 0.272. The van der Waals surface area contributed by atoms with Crippen molar-refractivity contribution >= 4 is 10.9 Å². The number of pyridine rings is 1. The maximum Gasteiger partial charge on any atom is 0.117 e. The Kier molecular flexibility index (Phi) is 1.89. The SMILES string of the molecule is CCc1ccnc2cc(O)ccc12. The second-order valence-electron chi connectivity index (χ2n) is 3.03. The van der Waals surface area contributed by atoms with Gasteiger partial charge in [0.1, 0.15) is 5.75 Å². The molecule has 1 aromatic carbocycles. The van der Waals surface area contributed by atoms with Crippen molar-refractivity contribution in [3.8, 4) is 5.75 Å². The highest BCUT2D eigenvalue weighted by atomic mass is 16.3. The highest BCUT2D eigenvalue weighted by Crippen LogP contribution is 2.21. The molecule has 13 heavy (non-hydrogen) atoms. The molecule has 0 radical (unpaired) electrons. The van der Waals surface area contributed by atoms with Crippen LogP contribution in [0.25, 0.3) is 10.9 Å². The molecule has 0 aliphatic carbocycles. The van der Waals surface area contributed by atoms with Crippen molar-refractivity contribution in [2.75, 3.05) is 0 Å². The number of hydrogen-bond acceptors (Lipinski definition) is 2. The van der Waals surface area contributed by atoms with Crippen LogP contribution in [0.1, 0.15) is 12.5 Å². The van der Waals surface area contributed by atoms with Crippen LogP contribution in [0, 0.1) is 0 Å². The van der Waals surface area contributed by atoms with Gasteiger partial charge in [-0.25, -0.2) is 0 Å². The molecule has 0 atom stereocenters. The Bertz CT molecular complexity index is 437. The van der Waals surface area contributed by atoms with Gasteiger partial charge in [0, 0.05) is 17.6 Å². The number of phenolic OH excluding ortho intramolecular Hbond substituents is 1. The van der Waals surface area contributed by atoms with E-state index in [2.05, 4.69) is 11.9 Å². The smallest absolute Gasteiger partial charge is 0.117 e. The van der Waals surface area contributed by atoms with Gasteiger partial charge in [0.25, 0.3) is 0 Å². The fraction of sp³-hybridized carbons (Fsp3) is 0.182. The van der Waals surface area contributed by atoms with Crippen molar-refractivity contribution in [1.29, 1.82) is 0 Å². The molecule has 2 heteroatoms. The normalized spacial score (nSPS) is 10.5. The van der Waals surface area contributed by atoms with E-state index in [1.165, 1.54) is 5.56 Å². The number of benzene rings is 1. The lowest BCUT2D eigenvalue weighted by Gasteiger charge is -2.02. The summed E-state index contributed by atoms with van der Waals surface area (Å²) in [6.07, 6.45) is 2.77. The van der Waals surface area contributed by atoms with Crippen LogP contribution >= 0.6 is 0 Å². The number of hydrogen-bond donors (Lipinski definition) is 1. The maximum absolute atomic E-state index is 9.25. The summed E-state index contributed by atoms with van der Waals surface area (Å²) in [6, 6.07) is 7.31. The molecule has 0 bridgehead atoms. The average molecular weight is 173 g/mol. The Morgan fingerprint density at radius 2 is 2.15 bits per heavy atom. The molecule has 0 amide bonds. The predicted molar refractivity (Wildman–Crippen MR) is 52.8 cm³/mol. The Hall–Kier alpha value is -1.57. The highest BCUT2D eigenvalue weighted by Gasteiger charge is 1.99. The summed E-state index contributed by atoms with van der Waals surface area (Å²) in [5.41, 5.74) is 2.13. The van der Waals surface area contributed by atoms with E-state index in [-0.39, 0.29) is 5.75 Å². The van der Waals surface area contributed by atoms with Gasteiger partial charge in [-0.2, -0.15) is 0 Å². The third-order valence-electron chi connectivity index (χ3n) is 2.20. The summed E-state index contributed by atoms with van der Waals surface area (Å²) in [6.45, 7) is 2.11. The quantitative estimate of drug-likeness (QED) is 0.718. The van der Waals surface area contributed by atoms with Crippen LogP contribution in [-0.2, 0) is 6.42 Å². The minimum absolute atomic E-state index is 0.272. The Morgan fingerprint density at radius 1 is 1.31 bits per heavy atom. The van der Waals surface area contributed by atoms with E-state index in [1.807, 2.05) is 12.1 Å². The molecule has 2 aromatic rings. The van der Waals surface area contributed by atoms with E-state index < -0.39 is 0 Å². The summed E-state index contributed by atoms with van der Waals surface area (Å²) >= 11 is 0. The number of nitrogens with zero attached hydrogens (tertiary/aromatic N) is 1. The van der Waals surface area contributed by atoms with E-state index >= 15 is 0 Å². The van der Waals surface area contributed by atoms with E-state index in [4.69, 9.17) is 0 Å². The van der Waals surface area contributed by atoms with Gasteiger partial charge < -0.3 is 5.11 Å². The molecule has 0 aliphatic heterocycles. The van der Waals surface area contributed by atoms with Gasteiger partial charge >= 0.3 is 0 Å². The summed E-state index contributed by atoms with van der Waals surface area (Å²) in [7, 11) is 0. The first-order valence-electron chi connectivity index (χ1n) is 4.38. The molecule has 0 spiro atoms. The Balaban J connectivity index is 2.77. The second kappa shape index (κ2) is 3.05. The number of aromatic nitrogens is 1. The molecule has 0 saturated heterocycles. The standard InChI is InChI=1S/C11H11NO/c1-2-8-5-6-12-11-7-9(13)3-4-10(8)11/h3-7,13H,2H2,1H3. The van der Waals surface area contributed by atoms with Crippen LogP contribution in [-0.4, -0.2) is 10.1 Å². The third kappa shape index (κ3) is 1.35. The van der Waals surface area contributed by atoms with E-state index in [9.17, 15) is 5.11 Å². The molecular weight excluding hydrogens is 162 g/mol. The van der Waals surface area contributed by atoms with Crippen molar-refractivity contribution in [2.24, 2.45) is 0 Å². The number of rotatable bonds is 1. The lowest BCUT2D eigenvalue weighted by Crippen LogP contribution is -1.85. The molecule has 1 heterocycles. The summed E-state index contributed by atoms with van der Waals surface area (Å²) in [5, 5.41) is 10.4. The topological polar surface area (TPSA) is 33.1 Å². The average Bonchev–Trinajstić information content (AvgIpc) is 2.16. The highest BCUT2D eigenvalue weighted by molar-refractivity contribution is 5.83. The molecule has 2 nitrogen and oxygen atoms in total. The largest absolute Gasteiger partial charge is 0.508 e. The summed E-state index contributed by atoms with van der Waals surface area (Å²) in [5.74, 6) is 0.272. The van der Waals surface area contributed by atoms with Crippen LogP contribution in [0.5, 0.6) is 5.75 Å². The zero-order chi connectivity index (χ0) is 9.26. The van der Waals surface area contributed by atoms with Crippen molar-refractivity contribution in [2.45, 2.75) is 13.3 Å². The lowest BCUT2D eigenvalue weighted by atomic mass is 10.1. The zero-order valence-electron chi connectivity index (χ0n) is 7.49. The maximum atomic E-state index is 9.25. The van der Waals surface area contributed by atoms with E-state index in [1.54, 1.807) is 18.3 Å². The van der Waals surface area contributed by atoms with E-state index in [0.717, 1.165) is 17.3 Å². The molecule has 0 saturated carbocycles. The summed E-state index contributed by atoms with van der Waals surface area (Å²) < 4.78 is 0. The van der Waals surface area contributed by atoms with Gasteiger partial charge in [-0.3, -0.25) is 4.98 Å². The fourth-order valence-electron chi connectivity index (χ4n) is 1.50. The number of phenols is 1. The monoisotopic (exact) mass is 173 g/mol. The second-order valence-corrected chi connectivity index (χ2v) is 3.03. The van der Waals surface area contributed by atoms with Crippen molar-refractivity contribution in [3.63, 3.8) is 0 Å². The van der Waals surface area contributed by atoms with Gasteiger partial charge in [0.2, 0.25) is 0 Å². The molecule has 0 fully saturated rings. The van der Waals surface area contributed by atoms with Crippen LogP contribution in [0.3, 0.4) is 0 Å². The molecule has 0 aliphatic rings. The molecule has 0 unspecified atom stereocenters. The van der Waals surface area contributed by atoms with Gasteiger partial charge in [-0.05, 0) is 30.2 Å².